The fraction of sp³-hybridized carbons (Fsp3) is 0.133. The van der Waals surface area contributed by atoms with Gasteiger partial charge in [0.05, 0.1) is 0 Å². The fourth-order valence-electron chi connectivity index (χ4n) is 1.53. The molecule has 110 valence electrons. The van der Waals surface area contributed by atoms with Crippen molar-refractivity contribution >= 4 is 26.9 Å². The molecular formula is C15H15NO3S2. The number of benzene rings is 2. The van der Waals surface area contributed by atoms with Gasteiger partial charge in [0.1, 0.15) is 9.94 Å². The molecule has 2 aromatic carbocycles. The molecule has 0 bridgehead atoms. The third kappa shape index (κ3) is 4.61. The first-order valence-corrected chi connectivity index (χ1v) is 8.48. The Kier molecular flexibility index (Phi) is 5.03. The highest BCUT2D eigenvalue weighted by Crippen LogP contribution is 2.20. The van der Waals surface area contributed by atoms with Gasteiger partial charge >= 0.3 is 10.1 Å². The minimum atomic E-state index is -3.87. The topological polar surface area (TPSA) is 55.7 Å². The highest BCUT2D eigenvalue weighted by molar-refractivity contribution is 8.13. The summed E-state index contributed by atoms with van der Waals surface area (Å²) in [6.45, 7) is 3.58. The maximum atomic E-state index is 12.0. The lowest BCUT2D eigenvalue weighted by Gasteiger charge is -2.03. The van der Waals surface area contributed by atoms with E-state index in [1.54, 1.807) is 19.1 Å². The molecule has 2 rings (SSSR count). The van der Waals surface area contributed by atoms with Crippen molar-refractivity contribution in [2.45, 2.75) is 23.6 Å². The number of hydrogen-bond donors (Lipinski definition) is 0. The van der Waals surface area contributed by atoms with Crippen LogP contribution in [0.2, 0.25) is 0 Å². The molecule has 0 aliphatic rings. The van der Waals surface area contributed by atoms with Crippen molar-refractivity contribution in [1.82, 2.24) is 0 Å². The highest BCUT2D eigenvalue weighted by Gasteiger charge is 2.15. The van der Waals surface area contributed by atoms with Gasteiger partial charge in [0.25, 0.3) is 0 Å². The van der Waals surface area contributed by atoms with Crippen LogP contribution in [0.25, 0.3) is 0 Å². The van der Waals surface area contributed by atoms with E-state index in [2.05, 4.69) is 5.16 Å². The molecule has 21 heavy (non-hydrogen) atoms. The molecule has 0 saturated heterocycles. The van der Waals surface area contributed by atoms with Crippen LogP contribution in [0.5, 0.6) is 0 Å². The Labute approximate surface area is 129 Å². The molecule has 4 nitrogen and oxygen atoms in total. The molecule has 0 saturated carbocycles. The van der Waals surface area contributed by atoms with E-state index in [9.17, 15) is 8.42 Å². The van der Waals surface area contributed by atoms with Gasteiger partial charge in [-0.05, 0) is 38.1 Å². The van der Waals surface area contributed by atoms with E-state index in [-0.39, 0.29) is 4.90 Å². The number of oxime groups is 1. The van der Waals surface area contributed by atoms with Crippen LogP contribution in [0.4, 0.5) is 0 Å². The van der Waals surface area contributed by atoms with E-state index >= 15 is 0 Å². The summed E-state index contributed by atoms with van der Waals surface area (Å²) < 4.78 is 28.7. The van der Waals surface area contributed by atoms with Crippen LogP contribution in [0.15, 0.2) is 69.5 Å². The van der Waals surface area contributed by atoms with Crippen LogP contribution in [-0.4, -0.2) is 13.5 Å². The van der Waals surface area contributed by atoms with E-state index in [1.807, 2.05) is 37.3 Å². The van der Waals surface area contributed by atoms with Crippen molar-refractivity contribution in [3.63, 3.8) is 0 Å². The van der Waals surface area contributed by atoms with Crippen molar-refractivity contribution in [2.75, 3.05) is 0 Å². The average molecular weight is 321 g/mol. The normalized spacial score (nSPS) is 12.2. The molecule has 6 heteroatoms. The second-order valence-corrected chi connectivity index (χ2v) is 7.16. The first-order chi connectivity index (χ1) is 9.97. The molecule has 0 atom stereocenters. The summed E-state index contributed by atoms with van der Waals surface area (Å²) in [6.07, 6.45) is 0. The smallest absolute Gasteiger partial charge is 0.264 e. The summed E-state index contributed by atoms with van der Waals surface area (Å²) in [5.74, 6) is 0. The van der Waals surface area contributed by atoms with E-state index in [0.29, 0.717) is 5.04 Å². The van der Waals surface area contributed by atoms with Gasteiger partial charge in [0.15, 0.2) is 0 Å². The maximum Gasteiger partial charge on any atom is 0.358 e. The summed E-state index contributed by atoms with van der Waals surface area (Å²) in [7, 11) is -3.87. The maximum absolute atomic E-state index is 12.0. The molecule has 0 unspecified atom stereocenters. The van der Waals surface area contributed by atoms with Crippen molar-refractivity contribution in [2.24, 2.45) is 5.16 Å². The second-order valence-electron chi connectivity index (χ2n) is 4.37. The van der Waals surface area contributed by atoms with Crippen LogP contribution < -0.4 is 0 Å². The Hall–Kier alpha value is -1.79. The lowest BCUT2D eigenvalue weighted by atomic mass is 10.2. The van der Waals surface area contributed by atoms with Crippen molar-refractivity contribution in [3.8, 4) is 0 Å². The molecular weight excluding hydrogens is 306 g/mol. The summed E-state index contributed by atoms with van der Waals surface area (Å²) in [6, 6.07) is 16.0. The van der Waals surface area contributed by atoms with Gasteiger partial charge in [-0.1, -0.05) is 52.8 Å². The lowest BCUT2D eigenvalue weighted by molar-refractivity contribution is 0.340. The Morgan fingerprint density at radius 1 is 1.05 bits per heavy atom. The minimum Gasteiger partial charge on any atom is -0.264 e. The summed E-state index contributed by atoms with van der Waals surface area (Å²) in [5.41, 5.74) is 0.980. The third-order valence-corrected chi connectivity index (χ3v) is 4.58. The first kappa shape index (κ1) is 15.6. The largest absolute Gasteiger partial charge is 0.358 e. The number of thioether (sulfide) groups is 1. The van der Waals surface area contributed by atoms with E-state index in [4.69, 9.17) is 4.28 Å². The molecule has 0 aliphatic heterocycles. The molecule has 0 amide bonds. The predicted octanol–water partition coefficient (Wildman–Crippen LogP) is 3.83. The average Bonchev–Trinajstić information content (AvgIpc) is 2.47. The van der Waals surface area contributed by atoms with Gasteiger partial charge in [-0.2, -0.15) is 8.42 Å². The van der Waals surface area contributed by atoms with Gasteiger partial charge in [-0.25, -0.2) is 0 Å². The summed E-state index contributed by atoms with van der Waals surface area (Å²) in [5, 5.41) is 4.19. The van der Waals surface area contributed by atoms with Gasteiger partial charge in [0.2, 0.25) is 0 Å². The number of hydrogen-bond acceptors (Lipinski definition) is 5. The lowest BCUT2D eigenvalue weighted by Crippen LogP contribution is -2.03. The summed E-state index contributed by atoms with van der Waals surface area (Å²) in [4.78, 5) is 1.06. The van der Waals surface area contributed by atoms with Crippen molar-refractivity contribution in [1.29, 1.82) is 0 Å². The van der Waals surface area contributed by atoms with Crippen LogP contribution in [-0.2, 0) is 14.4 Å². The molecule has 0 fully saturated rings. The summed E-state index contributed by atoms with van der Waals surface area (Å²) >= 11 is 1.34. The van der Waals surface area contributed by atoms with Gasteiger partial charge in [0, 0.05) is 4.90 Å². The van der Waals surface area contributed by atoms with E-state index in [0.717, 1.165) is 10.5 Å². The standard InChI is InChI=1S/C15H15NO3S2/c1-12-8-10-15(11-9-12)21(17,18)19-16-13(2)20-14-6-4-3-5-7-14/h3-11H,1-2H3/b16-13-. The number of nitrogens with zero attached hydrogens (tertiary/aromatic N) is 1. The molecule has 0 N–H and O–H groups in total. The molecule has 0 heterocycles. The predicted molar refractivity (Wildman–Crippen MR) is 84.9 cm³/mol. The Bertz CT molecular complexity index is 723. The zero-order chi connectivity index (χ0) is 15.3. The Morgan fingerprint density at radius 2 is 1.67 bits per heavy atom. The SMILES string of the molecule is C/C(=N/OS(=O)(=O)c1ccc(C)cc1)Sc1ccccc1. The van der Waals surface area contributed by atoms with Gasteiger partial charge in [-0.15, -0.1) is 0 Å². The second kappa shape index (κ2) is 6.78. The van der Waals surface area contributed by atoms with Crippen LogP contribution in [0.1, 0.15) is 12.5 Å². The molecule has 0 radical (unpaired) electrons. The van der Waals surface area contributed by atoms with Gasteiger partial charge in [-0.3, -0.25) is 4.28 Å². The Balaban J connectivity index is 2.06. The fourth-order valence-corrected chi connectivity index (χ4v) is 3.05. The van der Waals surface area contributed by atoms with Crippen LogP contribution in [0, 0.1) is 6.92 Å². The quantitative estimate of drug-likeness (QED) is 0.372. The first-order valence-electron chi connectivity index (χ1n) is 6.25. The molecule has 0 spiro atoms. The molecule has 2 aromatic rings. The van der Waals surface area contributed by atoms with Crippen molar-refractivity contribution in [3.05, 3.63) is 60.2 Å². The number of aryl methyl sites for hydroxylation is 1. The number of rotatable bonds is 4. The van der Waals surface area contributed by atoms with Crippen LogP contribution >= 0.6 is 11.8 Å². The monoisotopic (exact) mass is 321 g/mol. The third-order valence-electron chi connectivity index (χ3n) is 2.58. The van der Waals surface area contributed by atoms with E-state index < -0.39 is 10.1 Å². The van der Waals surface area contributed by atoms with Crippen LogP contribution in [0.3, 0.4) is 0 Å². The van der Waals surface area contributed by atoms with Crippen molar-refractivity contribution < 1.29 is 12.7 Å². The minimum absolute atomic E-state index is 0.0920. The Morgan fingerprint density at radius 3 is 2.29 bits per heavy atom. The zero-order valence-corrected chi connectivity index (χ0v) is 13.3. The highest BCUT2D eigenvalue weighted by atomic mass is 32.2. The molecule has 0 aromatic heterocycles. The molecule has 0 aliphatic carbocycles. The van der Waals surface area contributed by atoms with E-state index in [1.165, 1.54) is 23.9 Å². The zero-order valence-electron chi connectivity index (χ0n) is 11.7. The van der Waals surface area contributed by atoms with Gasteiger partial charge < -0.3 is 0 Å².